The van der Waals surface area contributed by atoms with Crippen molar-refractivity contribution < 1.29 is 19.0 Å². The van der Waals surface area contributed by atoms with Gasteiger partial charge in [-0.2, -0.15) is 0 Å². The SMILES string of the molecule is CCOC(=O)/C(=C\OC1CCCC1)OC1CCCC1. The van der Waals surface area contributed by atoms with E-state index < -0.39 is 5.97 Å². The average molecular weight is 268 g/mol. The van der Waals surface area contributed by atoms with E-state index in [2.05, 4.69) is 0 Å². The van der Waals surface area contributed by atoms with E-state index in [1.807, 2.05) is 0 Å². The summed E-state index contributed by atoms with van der Waals surface area (Å²) in [6.07, 6.45) is 10.8. The van der Waals surface area contributed by atoms with Crippen LogP contribution < -0.4 is 0 Å². The molecular formula is C15H24O4. The first-order valence-corrected chi connectivity index (χ1v) is 7.49. The largest absolute Gasteiger partial charge is 0.494 e. The number of hydrogen-bond donors (Lipinski definition) is 0. The monoisotopic (exact) mass is 268 g/mol. The van der Waals surface area contributed by atoms with Crippen LogP contribution in [0.2, 0.25) is 0 Å². The molecule has 0 aromatic rings. The lowest BCUT2D eigenvalue weighted by molar-refractivity contribution is -0.144. The molecule has 2 aliphatic carbocycles. The molecule has 0 amide bonds. The van der Waals surface area contributed by atoms with Crippen LogP contribution in [0.3, 0.4) is 0 Å². The third kappa shape index (κ3) is 4.44. The summed E-state index contributed by atoms with van der Waals surface area (Å²) in [6.45, 7) is 2.15. The Labute approximate surface area is 115 Å². The van der Waals surface area contributed by atoms with Gasteiger partial charge in [-0.25, -0.2) is 4.79 Å². The number of rotatable bonds is 6. The fourth-order valence-electron chi connectivity index (χ4n) is 2.69. The van der Waals surface area contributed by atoms with Crippen LogP contribution in [0, 0.1) is 0 Å². The summed E-state index contributed by atoms with van der Waals surface area (Å²) in [5, 5.41) is 0. The quantitative estimate of drug-likeness (QED) is 0.421. The van der Waals surface area contributed by atoms with Crippen LogP contribution in [-0.4, -0.2) is 24.8 Å². The van der Waals surface area contributed by atoms with E-state index in [1.165, 1.54) is 31.9 Å². The van der Waals surface area contributed by atoms with Gasteiger partial charge < -0.3 is 14.2 Å². The van der Waals surface area contributed by atoms with Crippen LogP contribution in [0.15, 0.2) is 12.0 Å². The average Bonchev–Trinajstić information content (AvgIpc) is 3.08. The van der Waals surface area contributed by atoms with Gasteiger partial charge in [0.05, 0.1) is 18.8 Å². The predicted octanol–water partition coefficient (Wildman–Crippen LogP) is 3.31. The topological polar surface area (TPSA) is 44.8 Å². The molecule has 0 unspecified atom stereocenters. The van der Waals surface area contributed by atoms with Gasteiger partial charge in [-0.3, -0.25) is 0 Å². The normalized spacial score (nSPS) is 21.6. The first kappa shape index (κ1) is 14.2. The number of carbonyl (C=O) groups is 1. The Morgan fingerprint density at radius 1 is 1.05 bits per heavy atom. The summed E-state index contributed by atoms with van der Waals surface area (Å²) in [7, 11) is 0. The Morgan fingerprint density at radius 2 is 1.63 bits per heavy atom. The van der Waals surface area contributed by atoms with Crippen molar-refractivity contribution in [1.29, 1.82) is 0 Å². The van der Waals surface area contributed by atoms with Crippen molar-refractivity contribution in [1.82, 2.24) is 0 Å². The lowest BCUT2D eigenvalue weighted by Gasteiger charge is -2.16. The summed E-state index contributed by atoms with van der Waals surface area (Å²) in [6, 6.07) is 0. The van der Waals surface area contributed by atoms with E-state index >= 15 is 0 Å². The molecule has 2 aliphatic rings. The zero-order valence-electron chi connectivity index (χ0n) is 11.7. The van der Waals surface area contributed by atoms with Gasteiger partial charge in [0, 0.05) is 0 Å². The Kier molecular flexibility index (Phi) is 5.55. The van der Waals surface area contributed by atoms with E-state index in [0.29, 0.717) is 6.61 Å². The van der Waals surface area contributed by atoms with Crippen molar-refractivity contribution in [2.24, 2.45) is 0 Å². The van der Waals surface area contributed by atoms with E-state index in [-0.39, 0.29) is 18.0 Å². The molecule has 0 spiro atoms. The van der Waals surface area contributed by atoms with E-state index in [0.717, 1.165) is 25.7 Å². The van der Waals surface area contributed by atoms with Gasteiger partial charge in [-0.15, -0.1) is 0 Å². The van der Waals surface area contributed by atoms with E-state index in [1.54, 1.807) is 6.92 Å². The summed E-state index contributed by atoms with van der Waals surface area (Å²) < 4.78 is 16.4. The highest BCUT2D eigenvalue weighted by Gasteiger charge is 2.23. The summed E-state index contributed by atoms with van der Waals surface area (Å²) in [5.41, 5.74) is 0. The number of hydrogen-bond acceptors (Lipinski definition) is 4. The van der Waals surface area contributed by atoms with Crippen LogP contribution >= 0.6 is 0 Å². The maximum atomic E-state index is 11.8. The second-order valence-corrected chi connectivity index (χ2v) is 5.27. The standard InChI is InChI=1S/C15H24O4/c1-2-17-15(16)14(19-13-9-5-6-10-13)11-18-12-7-3-4-8-12/h11-13H,2-10H2,1H3/b14-11+. The molecule has 19 heavy (non-hydrogen) atoms. The van der Waals surface area contributed by atoms with Crippen LogP contribution in [0.4, 0.5) is 0 Å². The van der Waals surface area contributed by atoms with Gasteiger partial charge >= 0.3 is 5.97 Å². The van der Waals surface area contributed by atoms with Gasteiger partial charge in [-0.05, 0) is 58.3 Å². The van der Waals surface area contributed by atoms with Gasteiger partial charge in [0.15, 0.2) is 0 Å². The Bertz CT molecular complexity index is 312. The molecule has 2 fully saturated rings. The van der Waals surface area contributed by atoms with Crippen molar-refractivity contribution in [2.75, 3.05) is 6.61 Å². The minimum atomic E-state index is -0.410. The third-order valence-electron chi connectivity index (χ3n) is 3.74. The van der Waals surface area contributed by atoms with Gasteiger partial charge in [-0.1, -0.05) is 0 Å². The fraction of sp³-hybridized carbons (Fsp3) is 0.800. The van der Waals surface area contributed by atoms with Gasteiger partial charge in [0.2, 0.25) is 5.76 Å². The zero-order chi connectivity index (χ0) is 13.5. The third-order valence-corrected chi connectivity index (χ3v) is 3.74. The minimum absolute atomic E-state index is 0.142. The number of esters is 1. The second kappa shape index (κ2) is 7.41. The molecule has 4 nitrogen and oxygen atoms in total. The van der Waals surface area contributed by atoms with Crippen molar-refractivity contribution in [3.05, 3.63) is 12.0 Å². The Balaban J connectivity index is 1.90. The maximum absolute atomic E-state index is 11.8. The lowest BCUT2D eigenvalue weighted by Crippen LogP contribution is -2.17. The first-order valence-electron chi connectivity index (χ1n) is 7.49. The maximum Gasteiger partial charge on any atom is 0.376 e. The Hall–Kier alpha value is -1.19. The molecule has 0 aromatic carbocycles. The molecule has 2 saturated carbocycles. The first-order chi connectivity index (χ1) is 9.29. The molecular weight excluding hydrogens is 244 g/mol. The Morgan fingerprint density at radius 3 is 2.21 bits per heavy atom. The highest BCUT2D eigenvalue weighted by atomic mass is 16.6. The molecule has 4 heteroatoms. The number of ether oxygens (including phenoxy) is 3. The molecule has 0 heterocycles. The summed E-state index contributed by atoms with van der Waals surface area (Å²) in [4.78, 5) is 11.8. The van der Waals surface area contributed by atoms with Crippen molar-refractivity contribution in [3.63, 3.8) is 0 Å². The fourth-order valence-corrected chi connectivity index (χ4v) is 2.69. The van der Waals surface area contributed by atoms with E-state index in [9.17, 15) is 4.79 Å². The van der Waals surface area contributed by atoms with Crippen LogP contribution in [0.1, 0.15) is 58.3 Å². The smallest absolute Gasteiger partial charge is 0.376 e. The number of carbonyl (C=O) groups excluding carboxylic acids is 1. The molecule has 0 N–H and O–H groups in total. The molecule has 0 aromatic heterocycles. The molecule has 0 atom stereocenters. The highest BCUT2D eigenvalue weighted by molar-refractivity contribution is 5.85. The van der Waals surface area contributed by atoms with Crippen LogP contribution in [0.25, 0.3) is 0 Å². The van der Waals surface area contributed by atoms with E-state index in [4.69, 9.17) is 14.2 Å². The zero-order valence-corrected chi connectivity index (χ0v) is 11.7. The van der Waals surface area contributed by atoms with Crippen molar-refractivity contribution in [2.45, 2.75) is 70.5 Å². The summed E-state index contributed by atoms with van der Waals surface area (Å²) in [5.74, 6) is -0.173. The van der Waals surface area contributed by atoms with Crippen molar-refractivity contribution in [3.8, 4) is 0 Å². The molecule has 0 bridgehead atoms. The van der Waals surface area contributed by atoms with Crippen LogP contribution in [-0.2, 0) is 19.0 Å². The highest BCUT2D eigenvalue weighted by Crippen LogP contribution is 2.25. The molecule has 108 valence electrons. The molecule has 0 aliphatic heterocycles. The summed E-state index contributed by atoms with van der Waals surface area (Å²) >= 11 is 0. The molecule has 0 radical (unpaired) electrons. The van der Waals surface area contributed by atoms with Gasteiger partial charge in [0.1, 0.15) is 6.26 Å². The molecule has 2 rings (SSSR count). The van der Waals surface area contributed by atoms with Gasteiger partial charge in [0.25, 0.3) is 0 Å². The minimum Gasteiger partial charge on any atom is -0.494 e. The van der Waals surface area contributed by atoms with Crippen molar-refractivity contribution >= 4 is 5.97 Å². The van der Waals surface area contributed by atoms with Crippen LogP contribution in [0.5, 0.6) is 0 Å². The second-order valence-electron chi connectivity index (χ2n) is 5.27. The molecule has 0 saturated heterocycles. The lowest BCUT2D eigenvalue weighted by atomic mass is 10.3. The predicted molar refractivity (Wildman–Crippen MR) is 71.4 cm³/mol.